The van der Waals surface area contributed by atoms with Crippen LogP contribution in [-0.4, -0.2) is 11.7 Å². The molecule has 0 bridgehead atoms. The Morgan fingerprint density at radius 1 is 1.13 bits per heavy atom. The van der Waals surface area contributed by atoms with Crippen LogP contribution in [0, 0.1) is 0 Å². The van der Waals surface area contributed by atoms with Crippen LogP contribution in [0.25, 0.3) is 0 Å². The zero-order valence-corrected chi connectivity index (χ0v) is 9.07. The number of amidine groups is 2. The van der Waals surface area contributed by atoms with Gasteiger partial charge in [-0.05, 0) is 13.8 Å². The summed E-state index contributed by atoms with van der Waals surface area (Å²) in [5, 5.41) is 0. The molecule has 0 saturated carbocycles. The van der Waals surface area contributed by atoms with Crippen LogP contribution in [0.4, 0.5) is 0 Å². The van der Waals surface area contributed by atoms with Crippen molar-refractivity contribution in [1.82, 2.24) is 0 Å². The van der Waals surface area contributed by atoms with E-state index < -0.39 is 0 Å². The molecule has 0 amide bonds. The zero-order valence-electron chi connectivity index (χ0n) is 9.07. The molecule has 0 atom stereocenters. The first kappa shape index (κ1) is 11.2. The van der Waals surface area contributed by atoms with Gasteiger partial charge in [-0.1, -0.05) is 36.9 Å². The molecule has 0 saturated heterocycles. The van der Waals surface area contributed by atoms with Gasteiger partial charge in [-0.2, -0.15) is 0 Å². The van der Waals surface area contributed by atoms with E-state index in [-0.39, 0.29) is 0 Å². The number of aliphatic imine (C=N–C) groups is 2. The van der Waals surface area contributed by atoms with Gasteiger partial charge in [0.25, 0.3) is 0 Å². The SMILES string of the molecule is C=C(C)/N=C(C)\N=C(/N)c1ccccc1. The average Bonchev–Trinajstić information content (AvgIpc) is 2.17. The molecule has 3 nitrogen and oxygen atoms in total. The maximum absolute atomic E-state index is 5.81. The molecule has 0 heterocycles. The molecule has 0 fully saturated rings. The summed E-state index contributed by atoms with van der Waals surface area (Å²) in [5.74, 6) is 1.09. The minimum Gasteiger partial charge on any atom is -0.383 e. The van der Waals surface area contributed by atoms with Gasteiger partial charge >= 0.3 is 0 Å². The van der Waals surface area contributed by atoms with E-state index >= 15 is 0 Å². The number of hydrogen-bond acceptors (Lipinski definition) is 1. The van der Waals surface area contributed by atoms with Crippen molar-refractivity contribution in [2.24, 2.45) is 15.7 Å². The van der Waals surface area contributed by atoms with Crippen LogP contribution >= 0.6 is 0 Å². The average molecular weight is 201 g/mol. The van der Waals surface area contributed by atoms with E-state index in [0.29, 0.717) is 11.7 Å². The van der Waals surface area contributed by atoms with E-state index in [9.17, 15) is 0 Å². The summed E-state index contributed by atoms with van der Waals surface area (Å²) in [6, 6.07) is 9.59. The smallest absolute Gasteiger partial charge is 0.132 e. The second kappa shape index (κ2) is 5.10. The highest BCUT2D eigenvalue weighted by Gasteiger charge is 1.96. The standard InChI is InChI=1S/C12H15N3/c1-9(2)14-10(3)15-12(13)11-7-5-4-6-8-11/h4-8H,1H2,2-3H3,(H2,13,14,15). The molecule has 1 rings (SSSR count). The van der Waals surface area contributed by atoms with Crippen molar-refractivity contribution in [3.8, 4) is 0 Å². The quantitative estimate of drug-likeness (QED) is 0.579. The highest BCUT2D eigenvalue weighted by molar-refractivity contribution is 6.04. The predicted octanol–water partition coefficient (Wildman–Crippen LogP) is 2.34. The van der Waals surface area contributed by atoms with Crippen LogP contribution in [0.3, 0.4) is 0 Å². The fraction of sp³-hybridized carbons (Fsp3) is 0.167. The Labute approximate surface area is 90.1 Å². The van der Waals surface area contributed by atoms with Crippen molar-refractivity contribution in [1.29, 1.82) is 0 Å². The van der Waals surface area contributed by atoms with Gasteiger partial charge in [-0.15, -0.1) is 0 Å². The molecule has 0 radical (unpaired) electrons. The largest absolute Gasteiger partial charge is 0.383 e. The molecule has 0 aliphatic heterocycles. The number of allylic oxidation sites excluding steroid dienone is 1. The fourth-order valence-corrected chi connectivity index (χ4v) is 1.15. The highest BCUT2D eigenvalue weighted by atomic mass is 15.0. The Bertz CT molecular complexity index is 402. The normalized spacial score (nSPS) is 12.7. The molecule has 0 aliphatic rings. The zero-order chi connectivity index (χ0) is 11.3. The van der Waals surface area contributed by atoms with E-state index in [4.69, 9.17) is 5.73 Å². The van der Waals surface area contributed by atoms with E-state index in [0.717, 1.165) is 11.3 Å². The second-order valence-electron chi connectivity index (χ2n) is 3.26. The Balaban J connectivity index is 2.90. The topological polar surface area (TPSA) is 50.7 Å². The van der Waals surface area contributed by atoms with Crippen LogP contribution in [0.15, 0.2) is 52.6 Å². The Morgan fingerprint density at radius 2 is 1.73 bits per heavy atom. The first-order chi connectivity index (χ1) is 7.09. The lowest BCUT2D eigenvalue weighted by molar-refractivity contribution is 1.29. The van der Waals surface area contributed by atoms with Gasteiger partial charge in [0.05, 0.1) is 0 Å². The van der Waals surface area contributed by atoms with Crippen molar-refractivity contribution in [2.75, 3.05) is 0 Å². The third kappa shape index (κ3) is 3.77. The van der Waals surface area contributed by atoms with Crippen LogP contribution in [-0.2, 0) is 0 Å². The Kier molecular flexibility index (Phi) is 3.80. The van der Waals surface area contributed by atoms with Crippen LogP contribution in [0.5, 0.6) is 0 Å². The number of nitrogens with two attached hydrogens (primary N) is 1. The van der Waals surface area contributed by atoms with Gasteiger partial charge in [0, 0.05) is 11.3 Å². The summed E-state index contributed by atoms with van der Waals surface area (Å²) in [5.41, 5.74) is 7.43. The molecule has 0 aromatic heterocycles. The first-order valence-electron chi connectivity index (χ1n) is 4.70. The lowest BCUT2D eigenvalue weighted by Gasteiger charge is -2.00. The summed E-state index contributed by atoms with van der Waals surface area (Å²) < 4.78 is 0. The van der Waals surface area contributed by atoms with Gasteiger partial charge in [0.2, 0.25) is 0 Å². The van der Waals surface area contributed by atoms with Crippen molar-refractivity contribution >= 4 is 11.7 Å². The molecule has 1 aromatic carbocycles. The second-order valence-corrected chi connectivity index (χ2v) is 3.26. The van der Waals surface area contributed by atoms with Crippen LogP contribution < -0.4 is 5.73 Å². The van der Waals surface area contributed by atoms with Crippen LogP contribution in [0.2, 0.25) is 0 Å². The first-order valence-corrected chi connectivity index (χ1v) is 4.70. The number of rotatable bonds is 2. The maximum Gasteiger partial charge on any atom is 0.132 e. The lowest BCUT2D eigenvalue weighted by Crippen LogP contribution is -2.14. The molecule has 15 heavy (non-hydrogen) atoms. The van der Waals surface area contributed by atoms with Crippen molar-refractivity contribution in [2.45, 2.75) is 13.8 Å². The third-order valence-electron chi connectivity index (χ3n) is 1.70. The summed E-state index contributed by atoms with van der Waals surface area (Å²) in [4.78, 5) is 8.27. The van der Waals surface area contributed by atoms with Crippen LogP contribution in [0.1, 0.15) is 19.4 Å². The van der Waals surface area contributed by atoms with Crippen molar-refractivity contribution in [3.63, 3.8) is 0 Å². The Hall–Kier alpha value is -1.90. The number of benzene rings is 1. The van der Waals surface area contributed by atoms with E-state index in [1.54, 1.807) is 6.92 Å². The molecule has 2 N–H and O–H groups in total. The summed E-state index contributed by atoms with van der Waals surface area (Å²) in [7, 11) is 0. The molecule has 0 unspecified atom stereocenters. The summed E-state index contributed by atoms with van der Waals surface area (Å²) >= 11 is 0. The van der Waals surface area contributed by atoms with Gasteiger partial charge in [0.1, 0.15) is 11.7 Å². The van der Waals surface area contributed by atoms with Gasteiger partial charge in [0.15, 0.2) is 0 Å². The molecule has 0 spiro atoms. The summed E-state index contributed by atoms with van der Waals surface area (Å²) in [6.07, 6.45) is 0. The van der Waals surface area contributed by atoms with E-state index in [2.05, 4.69) is 16.6 Å². The van der Waals surface area contributed by atoms with E-state index in [1.165, 1.54) is 0 Å². The van der Waals surface area contributed by atoms with E-state index in [1.807, 2.05) is 37.3 Å². The van der Waals surface area contributed by atoms with Crippen molar-refractivity contribution < 1.29 is 0 Å². The highest BCUT2D eigenvalue weighted by Crippen LogP contribution is 1.99. The summed E-state index contributed by atoms with van der Waals surface area (Å²) in [6.45, 7) is 7.29. The van der Waals surface area contributed by atoms with Gasteiger partial charge in [-0.25, -0.2) is 9.98 Å². The molecule has 0 aliphatic carbocycles. The minimum absolute atomic E-state index is 0.470. The molecule has 78 valence electrons. The number of hydrogen-bond donors (Lipinski definition) is 1. The maximum atomic E-state index is 5.81. The van der Waals surface area contributed by atoms with Gasteiger partial charge < -0.3 is 5.73 Å². The fourth-order valence-electron chi connectivity index (χ4n) is 1.15. The monoisotopic (exact) mass is 201 g/mol. The lowest BCUT2D eigenvalue weighted by atomic mass is 10.2. The molecular weight excluding hydrogens is 186 g/mol. The molecule has 3 heteroatoms. The van der Waals surface area contributed by atoms with Gasteiger partial charge in [-0.3, -0.25) is 0 Å². The number of nitrogens with zero attached hydrogens (tertiary/aromatic N) is 2. The minimum atomic E-state index is 0.470. The third-order valence-corrected chi connectivity index (χ3v) is 1.70. The Morgan fingerprint density at radius 3 is 2.27 bits per heavy atom. The molecule has 1 aromatic rings. The molecular formula is C12H15N3. The van der Waals surface area contributed by atoms with Crippen molar-refractivity contribution in [3.05, 3.63) is 48.2 Å². The predicted molar refractivity (Wildman–Crippen MR) is 65.1 cm³/mol.